The fourth-order valence-corrected chi connectivity index (χ4v) is 1.86. The van der Waals surface area contributed by atoms with Crippen LogP contribution < -0.4 is 5.73 Å². The molecular weight excluding hydrogens is 164 g/mol. The Morgan fingerprint density at radius 1 is 1.46 bits per heavy atom. The van der Waals surface area contributed by atoms with Crippen LogP contribution >= 0.6 is 0 Å². The van der Waals surface area contributed by atoms with Crippen LogP contribution in [0.1, 0.15) is 39.5 Å². The molecule has 1 aliphatic heterocycles. The fraction of sp³-hybridized carbons (Fsp3) is 0.900. The summed E-state index contributed by atoms with van der Waals surface area (Å²) < 4.78 is 0. The van der Waals surface area contributed by atoms with Gasteiger partial charge in [-0.05, 0) is 26.7 Å². The van der Waals surface area contributed by atoms with E-state index in [1.165, 1.54) is 12.8 Å². The summed E-state index contributed by atoms with van der Waals surface area (Å²) in [7, 11) is 0. The van der Waals surface area contributed by atoms with E-state index in [-0.39, 0.29) is 11.9 Å². The lowest BCUT2D eigenvalue weighted by Gasteiger charge is -2.28. The lowest BCUT2D eigenvalue weighted by Crippen LogP contribution is -2.46. The molecule has 1 heterocycles. The van der Waals surface area contributed by atoms with Gasteiger partial charge in [-0.15, -0.1) is 0 Å². The van der Waals surface area contributed by atoms with Crippen LogP contribution in [-0.2, 0) is 4.79 Å². The van der Waals surface area contributed by atoms with Gasteiger partial charge >= 0.3 is 0 Å². The second-order valence-corrected chi connectivity index (χ2v) is 4.02. The molecule has 0 aromatic heterocycles. The van der Waals surface area contributed by atoms with Crippen molar-refractivity contribution in [3.63, 3.8) is 0 Å². The van der Waals surface area contributed by atoms with Crippen molar-refractivity contribution in [3.05, 3.63) is 0 Å². The fourth-order valence-electron chi connectivity index (χ4n) is 1.86. The Morgan fingerprint density at radius 3 is 2.77 bits per heavy atom. The molecule has 1 amide bonds. The number of carbonyl (C=O) groups is 1. The van der Waals surface area contributed by atoms with Gasteiger partial charge in [-0.25, -0.2) is 0 Å². The van der Waals surface area contributed by atoms with Crippen LogP contribution in [0.4, 0.5) is 0 Å². The van der Waals surface area contributed by atoms with Crippen LogP contribution in [0.3, 0.4) is 0 Å². The summed E-state index contributed by atoms with van der Waals surface area (Å²) in [6, 6.07) is 0.0292. The van der Waals surface area contributed by atoms with Gasteiger partial charge in [0.05, 0.1) is 6.04 Å². The third kappa shape index (κ3) is 2.69. The third-order valence-electron chi connectivity index (χ3n) is 2.73. The van der Waals surface area contributed by atoms with Crippen molar-refractivity contribution in [1.29, 1.82) is 0 Å². The molecule has 2 N–H and O–H groups in total. The smallest absolute Gasteiger partial charge is 0.239 e. The molecule has 3 nitrogen and oxygen atoms in total. The average Bonchev–Trinajstić information content (AvgIpc) is 2.28. The first-order valence-electron chi connectivity index (χ1n) is 5.19. The van der Waals surface area contributed by atoms with Crippen molar-refractivity contribution in [1.82, 2.24) is 4.90 Å². The van der Waals surface area contributed by atoms with Gasteiger partial charge in [-0.3, -0.25) is 4.79 Å². The quantitative estimate of drug-likeness (QED) is 0.664. The Kier molecular flexibility index (Phi) is 3.72. The van der Waals surface area contributed by atoms with E-state index in [1.54, 1.807) is 6.92 Å². The van der Waals surface area contributed by atoms with Gasteiger partial charge in [0.2, 0.25) is 5.91 Å². The molecule has 0 bridgehead atoms. The summed E-state index contributed by atoms with van der Waals surface area (Å²) in [5, 5.41) is 0. The molecule has 0 radical (unpaired) electrons. The maximum absolute atomic E-state index is 11.7. The number of hydrogen-bond donors (Lipinski definition) is 1. The van der Waals surface area contributed by atoms with E-state index < -0.39 is 0 Å². The van der Waals surface area contributed by atoms with E-state index in [0.29, 0.717) is 6.04 Å². The molecular formula is C10H20N2O. The molecule has 3 heteroatoms. The largest absolute Gasteiger partial charge is 0.339 e. The van der Waals surface area contributed by atoms with Crippen LogP contribution in [0.5, 0.6) is 0 Å². The van der Waals surface area contributed by atoms with Crippen LogP contribution in [0.25, 0.3) is 0 Å². The maximum Gasteiger partial charge on any atom is 0.239 e. The lowest BCUT2D eigenvalue weighted by atomic mass is 10.1. The van der Waals surface area contributed by atoms with Crippen molar-refractivity contribution in [2.75, 3.05) is 6.54 Å². The van der Waals surface area contributed by atoms with Crippen LogP contribution in [0.15, 0.2) is 0 Å². The van der Waals surface area contributed by atoms with E-state index >= 15 is 0 Å². The van der Waals surface area contributed by atoms with Gasteiger partial charge in [0.15, 0.2) is 0 Å². The predicted octanol–water partition coefficient (Wildman–Crippen LogP) is 1.12. The second kappa shape index (κ2) is 4.61. The molecule has 2 atom stereocenters. The Morgan fingerprint density at radius 2 is 2.15 bits per heavy atom. The summed E-state index contributed by atoms with van der Waals surface area (Å²) in [4.78, 5) is 13.6. The van der Waals surface area contributed by atoms with Gasteiger partial charge in [0.1, 0.15) is 0 Å². The number of likely N-dealkylation sites (tertiary alicyclic amines) is 1. The first kappa shape index (κ1) is 10.5. The number of carbonyl (C=O) groups excluding carboxylic acids is 1. The molecule has 1 unspecified atom stereocenters. The molecule has 1 aliphatic rings. The Balaban J connectivity index is 2.58. The molecule has 0 aromatic carbocycles. The monoisotopic (exact) mass is 184 g/mol. The highest BCUT2D eigenvalue weighted by atomic mass is 16.2. The number of nitrogens with two attached hydrogens (primary N) is 1. The topological polar surface area (TPSA) is 46.3 Å². The number of amides is 1. The van der Waals surface area contributed by atoms with E-state index in [4.69, 9.17) is 5.73 Å². The first-order valence-corrected chi connectivity index (χ1v) is 5.19. The molecule has 0 aliphatic carbocycles. The zero-order valence-corrected chi connectivity index (χ0v) is 8.62. The summed E-state index contributed by atoms with van der Waals surface area (Å²) in [5.74, 6) is 0.106. The zero-order valence-electron chi connectivity index (χ0n) is 8.62. The highest BCUT2D eigenvalue weighted by Gasteiger charge is 2.23. The Labute approximate surface area is 80.3 Å². The normalized spacial score (nSPS) is 26.7. The lowest BCUT2D eigenvalue weighted by molar-refractivity contribution is -0.134. The minimum Gasteiger partial charge on any atom is -0.339 e. The molecule has 1 fully saturated rings. The van der Waals surface area contributed by atoms with Gasteiger partial charge in [-0.1, -0.05) is 12.8 Å². The number of rotatable bonds is 1. The summed E-state index contributed by atoms with van der Waals surface area (Å²) in [5.41, 5.74) is 5.59. The molecule has 0 aromatic rings. The van der Waals surface area contributed by atoms with Crippen molar-refractivity contribution in [2.24, 2.45) is 5.73 Å². The maximum atomic E-state index is 11.7. The van der Waals surface area contributed by atoms with Crippen LogP contribution in [-0.4, -0.2) is 29.4 Å². The van der Waals surface area contributed by atoms with E-state index in [0.717, 1.165) is 19.4 Å². The summed E-state index contributed by atoms with van der Waals surface area (Å²) >= 11 is 0. The first-order chi connectivity index (χ1) is 6.13. The van der Waals surface area contributed by atoms with E-state index in [9.17, 15) is 4.79 Å². The highest BCUT2D eigenvalue weighted by Crippen LogP contribution is 2.16. The standard InChI is InChI=1S/C10H20N2O/c1-8-6-4-3-5-7-12(8)10(13)9(2)11/h8-9H,3-7,11H2,1-2H3/t8?,9-/m1/s1. The second-order valence-electron chi connectivity index (χ2n) is 4.02. The Bertz CT molecular complexity index is 180. The van der Waals surface area contributed by atoms with Crippen LogP contribution in [0.2, 0.25) is 0 Å². The van der Waals surface area contributed by atoms with Gasteiger partial charge in [0, 0.05) is 12.6 Å². The predicted molar refractivity (Wildman–Crippen MR) is 53.3 cm³/mol. The van der Waals surface area contributed by atoms with E-state index in [2.05, 4.69) is 6.92 Å². The summed E-state index contributed by atoms with van der Waals surface area (Å²) in [6.07, 6.45) is 4.73. The molecule has 0 spiro atoms. The van der Waals surface area contributed by atoms with Crippen molar-refractivity contribution in [2.45, 2.75) is 51.6 Å². The third-order valence-corrected chi connectivity index (χ3v) is 2.73. The molecule has 76 valence electrons. The highest BCUT2D eigenvalue weighted by molar-refractivity contribution is 5.81. The van der Waals surface area contributed by atoms with E-state index in [1.807, 2.05) is 4.90 Å². The molecule has 13 heavy (non-hydrogen) atoms. The minimum atomic E-state index is -0.347. The molecule has 1 rings (SSSR count). The van der Waals surface area contributed by atoms with Crippen molar-refractivity contribution >= 4 is 5.91 Å². The van der Waals surface area contributed by atoms with Gasteiger partial charge < -0.3 is 10.6 Å². The van der Waals surface area contributed by atoms with Crippen molar-refractivity contribution < 1.29 is 4.79 Å². The Hall–Kier alpha value is -0.570. The molecule has 0 saturated carbocycles. The molecule has 1 saturated heterocycles. The number of nitrogens with zero attached hydrogens (tertiary/aromatic N) is 1. The average molecular weight is 184 g/mol. The SMILES string of the molecule is CC1CCCCCN1C(=O)[C@@H](C)N. The minimum absolute atomic E-state index is 0.106. The summed E-state index contributed by atoms with van der Waals surface area (Å²) in [6.45, 7) is 4.77. The van der Waals surface area contributed by atoms with Gasteiger partial charge in [0.25, 0.3) is 0 Å². The van der Waals surface area contributed by atoms with Crippen molar-refractivity contribution in [3.8, 4) is 0 Å². The number of hydrogen-bond acceptors (Lipinski definition) is 2. The van der Waals surface area contributed by atoms with Crippen LogP contribution in [0, 0.1) is 0 Å². The zero-order chi connectivity index (χ0) is 9.84. The van der Waals surface area contributed by atoms with Gasteiger partial charge in [-0.2, -0.15) is 0 Å².